The normalized spacial score (nSPS) is 11.9. The summed E-state index contributed by atoms with van der Waals surface area (Å²) in [5, 5.41) is 0. The molecular weight excluding hydrogens is 697 g/mol. The Morgan fingerprint density at radius 2 is 0.589 bits per heavy atom. The van der Waals surface area contributed by atoms with E-state index in [1.54, 1.807) is 0 Å². The Bertz CT molecular complexity index is 841. The van der Waals surface area contributed by atoms with E-state index < -0.39 is 6.10 Å². The van der Waals surface area contributed by atoms with Gasteiger partial charge in [-0.3, -0.25) is 14.4 Å². The van der Waals surface area contributed by atoms with Crippen molar-refractivity contribution in [1.29, 1.82) is 0 Å². The van der Waals surface area contributed by atoms with Crippen molar-refractivity contribution in [3.05, 3.63) is 0 Å². The first kappa shape index (κ1) is 54.4. The maximum absolute atomic E-state index is 12.8. The molecule has 0 amide bonds. The van der Waals surface area contributed by atoms with Gasteiger partial charge in [0.05, 0.1) is 0 Å². The van der Waals surface area contributed by atoms with Gasteiger partial charge >= 0.3 is 17.9 Å². The molecule has 0 unspecified atom stereocenters. The molecule has 0 aliphatic heterocycles. The van der Waals surface area contributed by atoms with Crippen LogP contribution in [0.25, 0.3) is 0 Å². The van der Waals surface area contributed by atoms with Gasteiger partial charge in [0.2, 0.25) is 0 Å². The topological polar surface area (TPSA) is 78.9 Å². The number of rotatable bonds is 45. The highest BCUT2D eigenvalue weighted by Crippen LogP contribution is 2.17. The lowest BCUT2D eigenvalue weighted by Gasteiger charge is -2.18. The minimum absolute atomic E-state index is 0.0639. The average molecular weight is 793 g/mol. The third-order valence-electron chi connectivity index (χ3n) is 11.3. The highest BCUT2D eigenvalue weighted by atomic mass is 16.6. The molecule has 0 aromatic rings. The Morgan fingerprint density at radius 1 is 0.339 bits per heavy atom. The number of esters is 3. The van der Waals surface area contributed by atoms with Crippen LogP contribution >= 0.6 is 0 Å². The third-order valence-corrected chi connectivity index (χ3v) is 11.3. The molecule has 0 aromatic heterocycles. The van der Waals surface area contributed by atoms with E-state index in [2.05, 4.69) is 27.7 Å². The molecular formula is C50H96O6. The van der Waals surface area contributed by atoms with E-state index in [-0.39, 0.29) is 31.1 Å². The molecule has 0 aromatic carbocycles. The first-order valence-electron chi connectivity index (χ1n) is 24.9. The lowest BCUT2D eigenvalue weighted by atomic mass is 10.0. The van der Waals surface area contributed by atoms with Crippen molar-refractivity contribution >= 4 is 17.9 Å². The predicted octanol–water partition coefficient (Wildman–Crippen LogP) is 15.9. The van der Waals surface area contributed by atoms with Crippen LogP contribution in [0.4, 0.5) is 0 Å². The first-order valence-corrected chi connectivity index (χ1v) is 24.9. The zero-order valence-electron chi connectivity index (χ0n) is 38.1. The monoisotopic (exact) mass is 793 g/mol. The van der Waals surface area contributed by atoms with Gasteiger partial charge in [0, 0.05) is 19.3 Å². The average Bonchev–Trinajstić information content (AvgIpc) is 3.18. The molecule has 0 spiro atoms. The fourth-order valence-electron chi connectivity index (χ4n) is 7.51. The second kappa shape index (κ2) is 44.5. The van der Waals surface area contributed by atoms with E-state index in [4.69, 9.17) is 14.2 Å². The van der Waals surface area contributed by atoms with Gasteiger partial charge in [-0.1, -0.05) is 240 Å². The van der Waals surface area contributed by atoms with Crippen molar-refractivity contribution < 1.29 is 28.6 Å². The molecule has 0 fully saturated rings. The van der Waals surface area contributed by atoms with Gasteiger partial charge in [-0.05, 0) is 25.2 Å². The molecule has 332 valence electrons. The maximum Gasteiger partial charge on any atom is 0.306 e. The van der Waals surface area contributed by atoms with Crippen LogP contribution in [-0.2, 0) is 28.6 Å². The first-order chi connectivity index (χ1) is 27.4. The molecule has 1 atom stereocenters. The number of carbonyl (C=O) groups excluding carboxylic acids is 3. The van der Waals surface area contributed by atoms with Crippen molar-refractivity contribution in [2.24, 2.45) is 5.92 Å². The van der Waals surface area contributed by atoms with E-state index in [0.29, 0.717) is 19.3 Å². The van der Waals surface area contributed by atoms with E-state index in [0.717, 1.165) is 63.7 Å². The summed E-state index contributed by atoms with van der Waals surface area (Å²) in [5.41, 5.74) is 0. The van der Waals surface area contributed by atoms with Crippen molar-refractivity contribution in [2.75, 3.05) is 13.2 Å². The second-order valence-corrected chi connectivity index (χ2v) is 17.6. The van der Waals surface area contributed by atoms with Gasteiger partial charge in [0.15, 0.2) is 6.10 Å². The number of carbonyl (C=O) groups is 3. The smallest absolute Gasteiger partial charge is 0.306 e. The Morgan fingerprint density at radius 3 is 0.875 bits per heavy atom. The highest BCUT2D eigenvalue weighted by molar-refractivity contribution is 5.71. The summed E-state index contributed by atoms with van der Waals surface area (Å²) < 4.78 is 16.8. The van der Waals surface area contributed by atoms with E-state index in [9.17, 15) is 14.4 Å². The van der Waals surface area contributed by atoms with Gasteiger partial charge in [0.1, 0.15) is 13.2 Å². The van der Waals surface area contributed by atoms with Crippen LogP contribution < -0.4 is 0 Å². The minimum Gasteiger partial charge on any atom is -0.462 e. The predicted molar refractivity (Wildman–Crippen MR) is 238 cm³/mol. The van der Waals surface area contributed by atoms with Crippen LogP contribution in [-0.4, -0.2) is 37.2 Å². The van der Waals surface area contributed by atoms with Crippen LogP contribution in [0.3, 0.4) is 0 Å². The quantitative estimate of drug-likeness (QED) is 0.0347. The van der Waals surface area contributed by atoms with Crippen molar-refractivity contribution in [3.63, 3.8) is 0 Å². The lowest BCUT2D eigenvalue weighted by molar-refractivity contribution is -0.167. The molecule has 6 nitrogen and oxygen atoms in total. The summed E-state index contributed by atoms with van der Waals surface area (Å²) in [6, 6.07) is 0. The van der Waals surface area contributed by atoms with Gasteiger partial charge in [-0.2, -0.15) is 0 Å². The third kappa shape index (κ3) is 43.5. The van der Waals surface area contributed by atoms with Crippen molar-refractivity contribution in [3.8, 4) is 0 Å². The SMILES string of the molecule is CCCCCCCCCCCCCCCCCCC(=O)O[C@@H](COC(=O)CCCCCCCCCCCCCCC)COC(=O)CCCCCCCCC(C)C. The van der Waals surface area contributed by atoms with Crippen LogP contribution in [0, 0.1) is 5.92 Å². The summed E-state index contributed by atoms with van der Waals surface area (Å²) in [4.78, 5) is 37.8. The van der Waals surface area contributed by atoms with Gasteiger partial charge < -0.3 is 14.2 Å². The molecule has 0 aliphatic rings. The summed E-state index contributed by atoms with van der Waals surface area (Å²) in [6.07, 6.45) is 45.3. The molecule has 0 heterocycles. The zero-order chi connectivity index (χ0) is 41.0. The summed E-state index contributed by atoms with van der Waals surface area (Å²) in [6.45, 7) is 8.95. The largest absolute Gasteiger partial charge is 0.462 e. The highest BCUT2D eigenvalue weighted by Gasteiger charge is 2.19. The summed E-state index contributed by atoms with van der Waals surface area (Å²) in [7, 11) is 0. The Kier molecular flexibility index (Phi) is 43.2. The van der Waals surface area contributed by atoms with Gasteiger partial charge in [-0.15, -0.1) is 0 Å². The number of unbranched alkanes of at least 4 members (excludes halogenated alkanes) is 32. The molecule has 0 aliphatic carbocycles. The number of hydrogen-bond acceptors (Lipinski definition) is 6. The van der Waals surface area contributed by atoms with E-state index in [1.165, 1.54) is 173 Å². The van der Waals surface area contributed by atoms with Crippen LogP contribution in [0.15, 0.2) is 0 Å². The fraction of sp³-hybridized carbons (Fsp3) is 0.940. The van der Waals surface area contributed by atoms with Crippen LogP contribution in [0.2, 0.25) is 0 Å². The van der Waals surface area contributed by atoms with Crippen LogP contribution in [0.5, 0.6) is 0 Å². The van der Waals surface area contributed by atoms with Crippen molar-refractivity contribution in [1.82, 2.24) is 0 Å². The summed E-state index contributed by atoms with van der Waals surface area (Å²) in [5.74, 6) is -0.0886. The van der Waals surface area contributed by atoms with Gasteiger partial charge in [0.25, 0.3) is 0 Å². The Labute approximate surface area is 348 Å². The van der Waals surface area contributed by atoms with Crippen molar-refractivity contribution in [2.45, 2.75) is 284 Å². The van der Waals surface area contributed by atoms with Gasteiger partial charge in [-0.25, -0.2) is 0 Å². The molecule has 0 saturated heterocycles. The standard InChI is InChI=1S/C50H96O6/c1-5-7-9-11-13-15-17-19-20-21-23-25-27-29-35-39-43-50(53)56-47(45-55-49(52)42-38-34-31-30-32-36-40-46(3)4)44-54-48(51)41-37-33-28-26-24-22-18-16-14-12-10-8-6-2/h46-47H,5-45H2,1-4H3/t47-/m0/s1. The molecule has 0 saturated carbocycles. The van der Waals surface area contributed by atoms with Crippen LogP contribution in [0.1, 0.15) is 278 Å². The molecule has 6 heteroatoms. The zero-order valence-corrected chi connectivity index (χ0v) is 38.1. The minimum atomic E-state index is -0.760. The molecule has 0 bridgehead atoms. The summed E-state index contributed by atoms with van der Waals surface area (Å²) >= 11 is 0. The lowest BCUT2D eigenvalue weighted by Crippen LogP contribution is -2.30. The van der Waals surface area contributed by atoms with E-state index in [1.807, 2.05) is 0 Å². The molecule has 0 N–H and O–H groups in total. The maximum atomic E-state index is 12.8. The Balaban J connectivity index is 4.28. The molecule has 56 heavy (non-hydrogen) atoms. The number of hydrogen-bond donors (Lipinski definition) is 0. The number of ether oxygens (including phenoxy) is 3. The van der Waals surface area contributed by atoms with E-state index >= 15 is 0 Å². The fourth-order valence-corrected chi connectivity index (χ4v) is 7.51. The second-order valence-electron chi connectivity index (χ2n) is 17.6. The molecule has 0 rings (SSSR count). The Hall–Kier alpha value is -1.59. The molecule has 0 radical (unpaired) electrons.